The maximum atomic E-state index is 4.46. The first-order valence-corrected chi connectivity index (χ1v) is 10.2. The number of thiazole rings is 1. The predicted molar refractivity (Wildman–Crippen MR) is 110 cm³/mol. The number of guanidine groups is 1. The smallest absolute Gasteiger partial charge is 0.191 e. The molecule has 1 aliphatic rings. The largest absolute Gasteiger partial charge is 0.352 e. The van der Waals surface area contributed by atoms with Gasteiger partial charge >= 0.3 is 0 Å². The van der Waals surface area contributed by atoms with Crippen molar-refractivity contribution >= 4 is 17.3 Å². The van der Waals surface area contributed by atoms with Gasteiger partial charge in [-0.2, -0.15) is 0 Å². The van der Waals surface area contributed by atoms with Crippen LogP contribution < -0.4 is 10.6 Å². The number of nitrogens with one attached hydrogen (secondary N) is 2. The zero-order chi connectivity index (χ0) is 18.4. The molecule has 5 nitrogen and oxygen atoms in total. The number of hydrogen-bond acceptors (Lipinski definition) is 4. The molecule has 2 heterocycles. The lowest BCUT2D eigenvalue weighted by Gasteiger charge is -2.21. The Labute approximate surface area is 160 Å². The topological polar surface area (TPSA) is 52.6 Å². The number of aliphatic imine (C=N–C) groups is 1. The van der Waals surface area contributed by atoms with Gasteiger partial charge in [0.05, 0.1) is 6.54 Å². The molecule has 0 bridgehead atoms. The molecule has 1 aliphatic heterocycles. The molecule has 1 saturated heterocycles. The van der Waals surface area contributed by atoms with Crippen molar-refractivity contribution in [2.24, 2.45) is 4.99 Å². The Balaban J connectivity index is 1.49. The van der Waals surface area contributed by atoms with Crippen LogP contribution in [-0.4, -0.2) is 41.5 Å². The zero-order valence-electron chi connectivity index (χ0n) is 15.9. The summed E-state index contributed by atoms with van der Waals surface area (Å²) in [5.74, 6) is 0.858. The lowest BCUT2D eigenvalue weighted by Crippen LogP contribution is -2.44. The van der Waals surface area contributed by atoms with E-state index in [1.165, 1.54) is 10.4 Å². The van der Waals surface area contributed by atoms with Crippen LogP contribution in [0.4, 0.5) is 0 Å². The van der Waals surface area contributed by atoms with Crippen LogP contribution in [-0.2, 0) is 19.5 Å². The number of benzene rings is 1. The van der Waals surface area contributed by atoms with E-state index in [1.54, 1.807) is 11.3 Å². The fourth-order valence-electron chi connectivity index (χ4n) is 3.38. The summed E-state index contributed by atoms with van der Waals surface area (Å²) in [4.78, 5) is 12.7. The van der Waals surface area contributed by atoms with Crippen LogP contribution in [0.3, 0.4) is 0 Å². The number of nitrogens with zero attached hydrogens (tertiary/aromatic N) is 3. The minimum absolute atomic E-state index is 0.419. The molecule has 2 N–H and O–H groups in total. The Morgan fingerprint density at radius 2 is 2.15 bits per heavy atom. The highest BCUT2D eigenvalue weighted by Crippen LogP contribution is 2.20. The Morgan fingerprint density at radius 1 is 1.35 bits per heavy atom. The summed E-state index contributed by atoms with van der Waals surface area (Å²) in [6.45, 7) is 7.23. The van der Waals surface area contributed by atoms with Crippen molar-refractivity contribution in [2.75, 3.05) is 13.6 Å². The summed E-state index contributed by atoms with van der Waals surface area (Å²) in [6, 6.07) is 11.7. The maximum absolute atomic E-state index is 4.46. The summed E-state index contributed by atoms with van der Waals surface area (Å²) >= 11 is 1.77. The number of rotatable bonds is 6. The molecule has 2 atom stereocenters. The molecule has 1 aromatic carbocycles. The van der Waals surface area contributed by atoms with Gasteiger partial charge in [-0.3, -0.25) is 9.89 Å². The van der Waals surface area contributed by atoms with E-state index in [1.807, 2.05) is 13.2 Å². The molecule has 140 valence electrons. The first-order chi connectivity index (χ1) is 12.7. The van der Waals surface area contributed by atoms with E-state index in [4.69, 9.17) is 0 Å². The summed E-state index contributed by atoms with van der Waals surface area (Å²) in [5.41, 5.74) is 1.37. The van der Waals surface area contributed by atoms with Crippen LogP contribution in [0.5, 0.6) is 0 Å². The van der Waals surface area contributed by atoms with Crippen molar-refractivity contribution in [1.82, 2.24) is 20.5 Å². The lowest BCUT2D eigenvalue weighted by molar-refractivity contribution is 0.258. The molecular weight excluding hydrogens is 342 g/mol. The molecule has 2 unspecified atom stereocenters. The van der Waals surface area contributed by atoms with Crippen LogP contribution in [0.15, 0.2) is 41.5 Å². The molecule has 6 heteroatoms. The lowest BCUT2D eigenvalue weighted by atomic mass is 10.2. The van der Waals surface area contributed by atoms with Crippen molar-refractivity contribution < 1.29 is 0 Å². The molecule has 0 saturated carbocycles. The van der Waals surface area contributed by atoms with Gasteiger partial charge in [0.15, 0.2) is 5.96 Å². The van der Waals surface area contributed by atoms with Gasteiger partial charge in [0.1, 0.15) is 5.01 Å². The second kappa shape index (κ2) is 9.14. The van der Waals surface area contributed by atoms with E-state index in [0.29, 0.717) is 12.1 Å². The summed E-state index contributed by atoms with van der Waals surface area (Å²) < 4.78 is 0. The van der Waals surface area contributed by atoms with Crippen molar-refractivity contribution in [3.63, 3.8) is 0 Å². The summed E-state index contributed by atoms with van der Waals surface area (Å²) in [7, 11) is 1.83. The number of aryl methyl sites for hydroxylation is 1. The fraction of sp³-hybridized carbons (Fsp3) is 0.500. The average molecular weight is 372 g/mol. The monoisotopic (exact) mass is 371 g/mol. The van der Waals surface area contributed by atoms with Crippen molar-refractivity contribution in [2.45, 2.75) is 51.9 Å². The Hall–Kier alpha value is -1.92. The third-order valence-electron chi connectivity index (χ3n) is 4.85. The maximum Gasteiger partial charge on any atom is 0.191 e. The van der Waals surface area contributed by atoms with Crippen LogP contribution in [0.1, 0.15) is 35.7 Å². The second-order valence-corrected chi connectivity index (χ2v) is 8.04. The van der Waals surface area contributed by atoms with Crippen molar-refractivity contribution in [1.29, 1.82) is 0 Å². The van der Waals surface area contributed by atoms with Crippen LogP contribution in [0.2, 0.25) is 0 Å². The summed E-state index contributed by atoms with van der Waals surface area (Å²) in [6.07, 6.45) is 4.14. The van der Waals surface area contributed by atoms with E-state index >= 15 is 0 Å². The molecule has 1 aromatic heterocycles. The normalized spacial score (nSPS) is 21.1. The quantitative estimate of drug-likeness (QED) is 0.605. The average Bonchev–Trinajstić information content (AvgIpc) is 3.26. The van der Waals surface area contributed by atoms with E-state index in [-0.39, 0.29) is 0 Å². The molecule has 3 rings (SSSR count). The SMILES string of the molecule is CCc1cnc(CNC(=NC)NC2CC(C)N(Cc3ccccc3)C2)s1. The highest BCUT2D eigenvalue weighted by Gasteiger charge is 2.29. The molecule has 0 radical (unpaired) electrons. The van der Waals surface area contributed by atoms with Gasteiger partial charge in [-0.05, 0) is 25.3 Å². The predicted octanol–water partition coefficient (Wildman–Crippen LogP) is 3.03. The van der Waals surface area contributed by atoms with Crippen molar-refractivity contribution in [3.05, 3.63) is 52.0 Å². The Kier molecular flexibility index (Phi) is 6.63. The van der Waals surface area contributed by atoms with Gasteiger partial charge in [0.25, 0.3) is 0 Å². The number of hydrogen-bond donors (Lipinski definition) is 2. The van der Waals surface area contributed by atoms with Crippen molar-refractivity contribution in [3.8, 4) is 0 Å². The van der Waals surface area contributed by atoms with E-state index in [9.17, 15) is 0 Å². The standard InChI is InChI=1S/C20H29N5S/c1-4-18-11-22-19(26-18)12-23-20(21-3)24-17-10-15(2)25(14-17)13-16-8-6-5-7-9-16/h5-9,11,15,17H,4,10,12-14H2,1-3H3,(H2,21,23,24). The van der Waals surface area contributed by atoms with Gasteiger partial charge in [0, 0.05) is 43.3 Å². The van der Waals surface area contributed by atoms with E-state index in [2.05, 4.69) is 69.7 Å². The Bertz CT molecular complexity index is 712. The highest BCUT2D eigenvalue weighted by atomic mass is 32.1. The highest BCUT2D eigenvalue weighted by molar-refractivity contribution is 7.11. The van der Waals surface area contributed by atoms with Crippen LogP contribution in [0.25, 0.3) is 0 Å². The molecule has 26 heavy (non-hydrogen) atoms. The number of aromatic nitrogens is 1. The third kappa shape index (κ3) is 5.05. The van der Waals surface area contributed by atoms with Gasteiger partial charge < -0.3 is 10.6 Å². The molecular formula is C20H29N5S. The van der Waals surface area contributed by atoms with E-state index < -0.39 is 0 Å². The van der Waals surface area contributed by atoms with Crippen LogP contribution >= 0.6 is 11.3 Å². The van der Waals surface area contributed by atoms with E-state index in [0.717, 1.165) is 43.4 Å². The molecule has 0 aliphatic carbocycles. The third-order valence-corrected chi connectivity index (χ3v) is 6.00. The molecule has 1 fully saturated rings. The van der Waals surface area contributed by atoms with Gasteiger partial charge in [-0.15, -0.1) is 11.3 Å². The minimum Gasteiger partial charge on any atom is -0.352 e. The molecule has 0 amide bonds. The zero-order valence-corrected chi connectivity index (χ0v) is 16.7. The number of likely N-dealkylation sites (tertiary alicyclic amines) is 1. The molecule has 0 spiro atoms. The summed E-state index contributed by atoms with van der Waals surface area (Å²) in [5, 5.41) is 8.08. The first kappa shape index (κ1) is 18.9. The van der Waals surface area contributed by atoms with Crippen LogP contribution in [0, 0.1) is 0 Å². The minimum atomic E-state index is 0.419. The van der Waals surface area contributed by atoms with Gasteiger partial charge in [-0.25, -0.2) is 4.98 Å². The van der Waals surface area contributed by atoms with Gasteiger partial charge in [-0.1, -0.05) is 37.3 Å². The molecule has 2 aromatic rings. The second-order valence-electron chi connectivity index (χ2n) is 6.84. The Morgan fingerprint density at radius 3 is 2.85 bits per heavy atom. The fourth-order valence-corrected chi connectivity index (χ4v) is 4.18. The first-order valence-electron chi connectivity index (χ1n) is 9.36. The van der Waals surface area contributed by atoms with Gasteiger partial charge in [0.2, 0.25) is 0 Å².